The molecule has 0 spiro atoms. The lowest BCUT2D eigenvalue weighted by molar-refractivity contribution is 0.137. The predicted octanol–water partition coefficient (Wildman–Crippen LogP) is 4.90. The van der Waals surface area contributed by atoms with E-state index in [1.165, 1.54) is 77.0 Å². The van der Waals surface area contributed by atoms with Gasteiger partial charge in [-0.1, -0.05) is 58.3 Å². The molecule has 3 fully saturated rings. The van der Waals surface area contributed by atoms with Crippen LogP contribution < -0.4 is 5.32 Å². The molecule has 0 aromatic heterocycles. The second-order valence-electron chi connectivity index (χ2n) is 7.63. The van der Waals surface area contributed by atoms with Gasteiger partial charge in [-0.05, 0) is 43.4 Å². The highest BCUT2D eigenvalue weighted by atomic mass is 15.0. The van der Waals surface area contributed by atoms with Gasteiger partial charge in [0.15, 0.2) is 0 Å². The van der Waals surface area contributed by atoms with Crippen molar-refractivity contribution in [1.82, 2.24) is 5.32 Å². The van der Waals surface area contributed by atoms with Crippen LogP contribution in [0.5, 0.6) is 0 Å². The second-order valence-corrected chi connectivity index (χ2v) is 7.63. The van der Waals surface area contributed by atoms with Crippen molar-refractivity contribution in [2.75, 3.05) is 0 Å². The maximum absolute atomic E-state index is 4.11. The van der Waals surface area contributed by atoms with Crippen LogP contribution >= 0.6 is 0 Å². The van der Waals surface area contributed by atoms with Gasteiger partial charge in [0.05, 0.1) is 0 Å². The molecule has 1 nitrogen and oxygen atoms in total. The van der Waals surface area contributed by atoms with Crippen LogP contribution in [0.4, 0.5) is 0 Å². The maximum Gasteiger partial charge on any atom is 0.0101 e. The molecule has 0 radical (unpaired) electrons. The van der Waals surface area contributed by atoms with Crippen molar-refractivity contribution in [3.63, 3.8) is 0 Å². The van der Waals surface area contributed by atoms with Crippen molar-refractivity contribution in [2.45, 2.75) is 96.1 Å². The molecule has 1 N–H and O–H groups in total. The minimum absolute atomic E-state index is 0.842. The van der Waals surface area contributed by atoms with E-state index in [0.29, 0.717) is 0 Å². The molecule has 110 valence electrons. The quantitative estimate of drug-likeness (QED) is 0.763. The van der Waals surface area contributed by atoms with Crippen molar-refractivity contribution >= 4 is 0 Å². The highest BCUT2D eigenvalue weighted by Gasteiger charge is 2.35. The SMILES string of the molecule is CC1CCCC1NC1CCCCC1C1CCCCC1. The fourth-order valence-electron chi connectivity index (χ4n) is 5.16. The van der Waals surface area contributed by atoms with Crippen LogP contribution in [0, 0.1) is 17.8 Å². The Balaban J connectivity index is 1.59. The lowest BCUT2D eigenvalue weighted by Crippen LogP contribution is -2.47. The average Bonchev–Trinajstić information content (AvgIpc) is 2.86. The van der Waals surface area contributed by atoms with E-state index in [0.717, 1.165) is 29.8 Å². The second kappa shape index (κ2) is 6.61. The monoisotopic (exact) mass is 263 g/mol. The zero-order valence-corrected chi connectivity index (χ0v) is 12.9. The average molecular weight is 263 g/mol. The van der Waals surface area contributed by atoms with E-state index >= 15 is 0 Å². The lowest BCUT2D eigenvalue weighted by Gasteiger charge is -2.41. The van der Waals surface area contributed by atoms with E-state index < -0.39 is 0 Å². The number of nitrogens with one attached hydrogen (secondary N) is 1. The van der Waals surface area contributed by atoms with Crippen LogP contribution in [-0.2, 0) is 0 Å². The predicted molar refractivity (Wildman–Crippen MR) is 82.3 cm³/mol. The van der Waals surface area contributed by atoms with Crippen LogP contribution in [0.1, 0.15) is 84.0 Å². The summed E-state index contributed by atoms with van der Waals surface area (Å²) in [5.41, 5.74) is 0. The fraction of sp³-hybridized carbons (Fsp3) is 1.00. The van der Waals surface area contributed by atoms with Gasteiger partial charge in [0.25, 0.3) is 0 Å². The van der Waals surface area contributed by atoms with Crippen molar-refractivity contribution in [1.29, 1.82) is 0 Å². The first-order chi connectivity index (χ1) is 9.34. The van der Waals surface area contributed by atoms with Crippen LogP contribution in [0.15, 0.2) is 0 Å². The number of hydrogen-bond acceptors (Lipinski definition) is 1. The summed E-state index contributed by atoms with van der Waals surface area (Å²) in [6.07, 6.45) is 17.9. The van der Waals surface area contributed by atoms with Gasteiger partial charge in [-0.25, -0.2) is 0 Å². The Morgan fingerprint density at radius 2 is 1.32 bits per heavy atom. The Bertz CT molecular complexity index is 269. The molecule has 0 bridgehead atoms. The van der Waals surface area contributed by atoms with Crippen molar-refractivity contribution in [3.8, 4) is 0 Å². The van der Waals surface area contributed by atoms with Crippen molar-refractivity contribution in [2.24, 2.45) is 17.8 Å². The van der Waals surface area contributed by atoms with E-state index in [-0.39, 0.29) is 0 Å². The van der Waals surface area contributed by atoms with Gasteiger partial charge < -0.3 is 5.32 Å². The Kier molecular flexibility index (Phi) is 4.84. The largest absolute Gasteiger partial charge is 0.311 e. The van der Waals surface area contributed by atoms with Crippen LogP contribution in [-0.4, -0.2) is 12.1 Å². The Morgan fingerprint density at radius 3 is 2.05 bits per heavy atom. The standard InChI is InChI=1S/C18H33N/c1-14-8-7-13-17(14)19-18-12-6-5-11-16(18)15-9-3-2-4-10-15/h14-19H,2-13H2,1H3. The van der Waals surface area contributed by atoms with Gasteiger partial charge in [0.2, 0.25) is 0 Å². The molecule has 0 saturated heterocycles. The van der Waals surface area contributed by atoms with Gasteiger partial charge >= 0.3 is 0 Å². The zero-order valence-electron chi connectivity index (χ0n) is 12.9. The van der Waals surface area contributed by atoms with Gasteiger partial charge in [0.1, 0.15) is 0 Å². The molecule has 0 heterocycles. The molecule has 3 aliphatic rings. The molecule has 0 amide bonds. The first kappa shape index (κ1) is 13.9. The third-order valence-corrected chi connectivity index (χ3v) is 6.36. The van der Waals surface area contributed by atoms with E-state index in [9.17, 15) is 0 Å². The lowest BCUT2D eigenvalue weighted by atomic mass is 9.70. The molecule has 3 saturated carbocycles. The molecule has 4 atom stereocenters. The van der Waals surface area contributed by atoms with E-state index in [1.807, 2.05) is 0 Å². The highest BCUT2D eigenvalue weighted by molar-refractivity contribution is 4.91. The molecule has 0 aliphatic heterocycles. The third-order valence-electron chi connectivity index (χ3n) is 6.36. The van der Waals surface area contributed by atoms with Crippen LogP contribution in [0.25, 0.3) is 0 Å². The molecule has 3 rings (SSSR count). The first-order valence-electron chi connectivity index (χ1n) is 9.10. The van der Waals surface area contributed by atoms with Gasteiger partial charge in [-0.2, -0.15) is 0 Å². The Hall–Kier alpha value is -0.0400. The number of rotatable bonds is 3. The molecule has 0 aromatic carbocycles. The van der Waals surface area contributed by atoms with Crippen LogP contribution in [0.2, 0.25) is 0 Å². The molecular weight excluding hydrogens is 230 g/mol. The van der Waals surface area contributed by atoms with E-state index in [1.54, 1.807) is 0 Å². The zero-order chi connectivity index (χ0) is 13.1. The molecule has 0 aromatic rings. The summed E-state index contributed by atoms with van der Waals surface area (Å²) in [4.78, 5) is 0. The molecule has 19 heavy (non-hydrogen) atoms. The van der Waals surface area contributed by atoms with Gasteiger partial charge in [-0.15, -0.1) is 0 Å². The highest BCUT2D eigenvalue weighted by Crippen LogP contribution is 2.39. The normalized spacial score (nSPS) is 41.5. The molecular formula is C18H33N. The Labute approximate surface area is 119 Å². The van der Waals surface area contributed by atoms with E-state index in [4.69, 9.17) is 0 Å². The van der Waals surface area contributed by atoms with E-state index in [2.05, 4.69) is 12.2 Å². The van der Waals surface area contributed by atoms with Gasteiger partial charge in [0, 0.05) is 12.1 Å². The summed E-state index contributed by atoms with van der Waals surface area (Å²) in [6.45, 7) is 2.46. The minimum Gasteiger partial charge on any atom is -0.311 e. The molecule has 1 heteroatoms. The molecule has 3 aliphatic carbocycles. The van der Waals surface area contributed by atoms with Crippen molar-refractivity contribution < 1.29 is 0 Å². The molecule has 4 unspecified atom stereocenters. The third kappa shape index (κ3) is 3.35. The summed E-state index contributed by atoms with van der Waals surface area (Å²) < 4.78 is 0. The summed E-state index contributed by atoms with van der Waals surface area (Å²) in [5, 5.41) is 4.11. The summed E-state index contributed by atoms with van der Waals surface area (Å²) in [6, 6.07) is 1.71. The van der Waals surface area contributed by atoms with Crippen molar-refractivity contribution in [3.05, 3.63) is 0 Å². The van der Waals surface area contributed by atoms with Crippen LogP contribution in [0.3, 0.4) is 0 Å². The topological polar surface area (TPSA) is 12.0 Å². The summed E-state index contributed by atoms with van der Waals surface area (Å²) in [7, 11) is 0. The van der Waals surface area contributed by atoms with Gasteiger partial charge in [-0.3, -0.25) is 0 Å². The smallest absolute Gasteiger partial charge is 0.0101 e. The summed E-state index contributed by atoms with van der Waals surface area (Å²) >= 11 is 0. The Morgan fingerprint density at radius 1 is 0.632 bits per heavy atom. The fourth-order valence-corrected chi connectivity index (χ4v) is 5.16. The first-order valence-corrected chi connectivity index (χ1v) is 9.10. The minimum atomic E-state index is 0.842. The summed E-state index contributed by atoms with van der Waals surface area (Å²) in [5.74, 6) is 3.00. The maximum atomic E-state index is 4.11. The number of hydrogen-bond donors (Lipinski definition) is 1.